The van der Waals surface area contributed by atoms with Crippen LogP contribution in [0.15, 0.2) is 43.4 Å². The van der Waals surface area contributed by atoms with Crippen LogP contribution in [0.4, 0.5) is 0 Å². The van der Waals surface area contributed by atoms with Crippen LogP contribution in [0.25, 0.3) is 5.69 Å². The lowest BCUT2D eigenvalue weighted by Gasteiger charge is -2.09. The molecule has 2 rings (SSSR count). The first-order valence-electron chi connectivity index (χ1n) is 8.60. The van der Waals surface area contributed by atoms with E-state index in [1.807, 2.05) is 0 Å². The Morgan fingerprint density at radius 2 is 1.96 bits per heavy atom. The fourth-order valence-electron chi connectivity index (χ4n) is 2.42. The summed E-state index contributed by atoms with van der Waals surface area (Å²) in [6.07, 6.45) is 5.22. The minimum absolute atomic E-state index is 0.233. The van der Waals surface area contributed by atoms with Crippen molar-refractivity contribution in [2.45, 2.75) is 39.0 Å². The molecule has 0 fully saturated rings. The van der Waals surface area contributed by atoms with Gasteiger partial charge in [0.05, 0.1) is 11.9 Å². The first kappa shape index (κ1) is 20.6. The summed E-state index contributed by atoms with van der Waals surface area (Å²) in [6.45, 7) is 2.09. The second-order valence-electron chi connectivity index (χ2n) is 5.91. The number of hydrogen-bond acceptors (Lipinski definition) is 5. The van der Waals surface area contributed by atoms with E-state index in [1.54, 1.807) is 24.3 Å². The van der Waals surface area contributed by atoms with Gasteiger partial charge in [0.1, 0.15) is 5.56 Å². The predicted octanol–water partition coefficient (Wildman–Crippen LogP) is 2.41. The third kappa shape index (κ3) is 5.65. The number of nitrogens with one attached hydrogen (secondary N) is 2. The number of hydrogen-bond donors (Lipinski definition) is 3. The highest BCUT2D eigenvalue weighted by molar-refractivity contribution is 9.10. The van der Waals surface area contributed by atoms with Crippen molar-refractivity contribution in [1.82, 2.24) is 15.0 Å². The molecule has 0 saturated heterocycles. The third-order valence-corrected chi connectivity index (χ3v) is 4.37. The Hall–Kier alpha value is -2.68. The molecule has 8 nitrogen and oxygen atoms in total. The van der Waals surface area contributed by atoms with E-state index in [0.717, 1.165) is 40.9 Å². The summed E-state index contributed by atoms with van der Waals surface area (Å²) in [4.78, 5) is 37.9. The lowest BCUT2D eigenvalue weighted by Crippen LogP contribution is -2.31. The normalized spacial score (nSPS) is 11.0. The number of carbonyl (C=O) groups is 1. The number of aromatic nitrogens is 2. The molecule has 0 spiro atoms. The van der Waals surface area contributed by atoms with E-state index in [0.29, 0.717) is 12.1 Å². The van der Waals surface area contributed by atoms with Gasteiger partial charge in [-0.05, 0) is 30.7 Å². The average Bonchev–Trinajstić information content (AvgIpc) is 2.63. The zero-order valence-electron chi connectivity index (χ0n) is 14.9. The molecule has 0 aliphatic rings. The molecule has 0 aliphatic carbocycles. The van der Waals surface area contributed by atoms with Crippen LogP contribution in [0.5, 0.6) is 5.88 Å². The highest BCUT2D eigenvalue weighted by Gasteiger charge is 2.14. The molecule has 2 aromatic rings. The van der Waals surface area contributed by atoms with Gasteiger partial charge in [0.25, 0.3) is 5.56 Å². The molecule has 27 heavy (non-hydrogen) atoms. The summed E-state index contributed by atoms with van der Waals surface area (Å²) >= 11 is 3.29. The lowest BCUT2D eigenvalue weighted by atomic mass is 10.1. The molecule has 0 bridgehead atoms. The monoisotopic (exact) mass is 436 g/mol. The van der Waals surface area contributed by atoms with E-state index in [9.17, 15) is 19.5 Å². The van der Waals surface area contributed by atoms with Crippen molar-refractivity contribution in [3.05, 3.63) is 55.1 Å². The molecule has 9 heteroatoms. The minimum atomic E-state index is -0.799. The number of aromatic amines is 1. The van der Waals surface area contributed by atoms with E-state index in [2.05, 4.69) is 38.4 Å². The molecule has 0 unspecified atom stereocenters. The van der Waals surface area contributed by atoms with E-state index in [1.165, 1.54) is 0 Å². The van der Waals surface area contributed by atoms with Crippen LogP contribution in [0.2, 0.25) is 0 Å². The Balaban J connectivity index is 2.19. The maximum absolute atomic E-state index is 12.1. The molecule has 3 N–H and O–H groups in total. The molecular weight excluding hydrogens is 416 g/mol. The Morgan fingerprint density at radius 3 is 2.63 bits per heavy atom. The Kier molecular flexibility index (Phi) is 7.54. The van der Waals surface area contributed by atoms with Crippen LogP contribution in [-0.2, 0) is 4.79 Å². The minimum Gasteiger partial charge on any atom is -0.493 e. The number of hydrazone groups is 1. The van der Waals surface area contributed by atoms with Crippen molar-refractivity contribution in [3.63, 3.8) is 0 Å². The largest absolute Gasteiger partial charge is 0.493 e. The van der Waals surface area contributed by atoms with Gasteiger partial charge in [-0.2, -0.15) is 5.10 Å². The molecular formula is C18H21BrN4O4. The van der Waals surface area contributed by atoms with E-state index < -0.39 is 17.1 Å². The van der Waals surface area contributed by atoms with Crippen LogP contribution in [-0.4, -0.2) is 26.8 Å². The van der Waals surface area contributed by atoms with Gasteiger partial charge < -0.3 is 5.11 Å². The van der Waals surface area contributed by atoms with Crippen molar-refractivity contribution in [2.75, 3.05) is 0 Å². The number of benzene rings is 1. The van der Waals surface area contributed by atoms with E-state index in [4.69, 9.17) is 0 Å². The molecule has 144 valence electrons. The molecule has 1 heterocycles. The Bertz CT molecular complexity index is 932. The van der Waals surface area contributed by atoms with Crippen LogP contribution < -0.4 is 16.7 Å². The van der Waals surface area contributed by atoms with Crippen LogP contribution in [0, 0.1) is 0 Å². The first-order chi connectivity index (χ1) is 12.9. The number of H-pyrrole nitrogens is 1. The number of amides is 1. The van der Waals surface area contributed by atoms with E-state index in [-0.39, 0.29) is 11.5 Å². The van der Waals surface area contributed by atoms with Crippen molar-refractivity contribution in [1.29, 1.82) is 0 Å². The van der Waals surface area contributed by atoms with Crippen molar-refractivity contribution < 1.29 is 9.90 Å². The standard InChI is InChI=1S/C18H21BrN4O4/c1-2-3-4-5-6-15(24)22-20-11-14-16(25)21-18(27)23(17(14)26)13-9-7-12(19)8-10-13/h7-11,26H,2-6H2,1H3,(H,22,24)(H,21,25,27). The van der Waals surface area contributed by atoms with Crippen LogP contribution in [0.1, 0.15) is 44.6 Å². The SMILES string of the molecule is CCCCCCC(=O)NN=Cc1c(O)n(-c2ccc(Br)cc2)c(=O)[nH]c1=O. The van der Waals surface area contributed by atoms with Gasteiger partial charge in [-0.1, -0.05) is 42.1 Å². The molecule has 1 aromatic carbocycles. The molecule has 0 atom stereocenters. The van der Waals surface area contributed by atoms with E-state index >= 15 is 0 Å². The fourth-order valence-corrected chi connectivity index (χ4v) is 2.69. The number of aromatic hydroxyl groups is 1. The average molecular weight is 437 g/mol. The van der Waals surface area contributed by atoms with Gasteiger partial charge in [0.2, 0.25) is 11.8 Å². The van der Waals surface area contributed by atoms with Gasteiger partial charge in [-0.15, -0.1) is 0 Å². The summed E-state index contributed by atoms with van der Waals surface area (Å²) in [6, 6.07) is 6.59. The number of rotatable bonds is 8. The summed E-state index contributed by atoms with van der Waals surface area (Å²) in [5.41, 5.74) is 0.872. The zero-order valence-corrected chi connectivity index (χ0v) is 16.5. The topological polar surface area (TPSA) is 117 Å². The van der Waals surface area contributed by atoms with Crippen molar-refractivity contribution in [2.24, 2.45) is 5.10 Å². The molecule has 0 radical (unpaired) electrons. The number of nitrogens with zero attached hydrogens (tertiary/aromatic N) is 2. The quantitative estimate of drug-likeness (QED) is 0.334. The molecule has 1 aromatic heterocycles. The molecule has 0 saturated carbocycles. The third-order valence-electron chi connectivity index (χ3n) is 3.85. The molecule has 1 amide bonds. The Labute approximate surface area is 164 Å². The maximum Gasteiger partial charge on any atom is 0.335 e. The lowest BCUT2D eigenvalue weighted by molar-refractivity contribution is -0.121. The summed E-state index contributed by atoms with van der Waals surface area (Å²) < 4.78 is 1.74. The number of halogens is 1. The van der Waals surface area contributed by atoms with Gasteiger partial charge in [-0.3, -0.25) is 14.6 Å². The predicted molar refractivity (Wildman–Crippen MR) is 107 cm³/mol. The van der Waals surface area contributed by atoms with Crippen LogP contribution >= 0.6 is 15.9 Å². The smallest absolute Gasteiger partial charge is 0.335 e. The van der Waals surface area contributed by atoms with Crippen molar-refractivity contribution >= 4 is 28.1 Å². The van der Waals surface area contributed by atoms with Crippen molar-refractivity contribution in [3.8, 4) is 11.6 Å². The highest BCUT2D eigenvalue weighted by Crippen LogP contribution is 2.17. The first-order valence-corrected chi connectivity index (χ1v) is 9.39. The number of unbranched alkanes of at least 4 members (excludes halogenated alkanes) is 3. The number of carbonyl (C=O) groups excluding carboxylic acids is 1. The molecule has 0 aliphatic heterocycles. The summed E-state index contributed by atoms with van der Waals surface area (Å²) in [5, 5.41) is 14.1. The summed E-state index contributed by atoms with van der Waals surface area (Å²) in [7, 11) is 0. The fraction of sp³-hybridized carbons (Fsp3) is 0.333. The van der Waals surface area contributed by atoms with Crippen LogP contribution in [0.3, 0.4) is 0 Å². The zero-order chi connectivity index (χ0) is 19.8. The van der Waals surface area contributed by atoms with Gasteiger partial charge in [0, 0.05) is 10.9 Å². The summed E-state index contributed by atoms with van der Waals surface area (Å²) in [5.74, 6) is -0.841. The van der Waals surface area contributed by atoms with Gasteiger partial charge in [-0.25, -0.2) is 14.8 Å². The van der Waals surface area contributed by atoms with Gasteiger partial charge >= 0.3 is 5.69 Å². The van der Waals surface area contributed by atoms with Gasteiger partial charge in [0.15, 0.2) is 0 Å². The maximum atomic E-state index is 12.1. The second-order valence-corrected chi connectivity index (χ2v) is 6.83. The highest BCUT2D eigenvalue weighted by atomic mass is 79.9. The Morgan fingerprint density at radius 1 is 1.26 bits per heavy atom. The second kappa shape index (κ2) is 9.86.